The van der Waals surface area contributed by atoms with E-state index in [-0.39, 0.29) is 5.41 Å². The second-order valence-corrected chi connectivity index (χ2v) is 8.63. The van der Waals surface area contributed by atoms with Crippen molar-refractivity contribution in [2.75, 3.05) is 0 Å². The van der Waals surface area contributed by atoms with E-state index >= 15 is 0 Å². The van der Waals surface area contributed by atoms with Crippen LogP contribution in [-0.2, 0) is 5.41 Å². The van der Waals surface area contributed by atoms with Gasteiger partial charge in [-0.1, -0.05) is 59.6 Å². The second-order valence-electron chi connectivity index (χ2n) is 7.72. The van der Waals surface area contributed by atoms with E-state index in [2.05, 4.69) is 65.3 Å². The summed E-state index contributed by atoms with van der Waals surface area (Å²) in [5, 5.41) is 0. The summed E-state index contributed by atoms with van der Waals surface area (Å²) in [6.07, 6.45) is 5.84. The smallest absolute Gasteiger partial charge is 0.0218 e. The molecule has 2 saturated carbocycles. The minimum atomic E-state index is 0.204. The fraction of sp³-hybridized carbons (Fsp3) is 0.429. The van der Waals surface area contributed by atoms with E-state index in [9.17, 15) is 0 Å². The third kappa shape index (κ3) is 1.58. The molecule has 112 valence electrons. The standard InChI is InChI=1S/C21H21Br/c1-21(19-11-13-6-7-14(19)10-13)18-5-3-2-4-16(18)17-9-8-15(22)12-20(17)21/h2-5,8-9,12-14,19H,6-7,10-11H2,1H3/t13-,14+,19?,21?/m0/s1. The first-order valence-electron chi connectivity index (χ1n) is 8.58. The Morgan fingerprint density at radius 2 is 1.77 bits per heavy atom. The Bertz CT molecular complexity index is 762. The van der Waals surface area contributed by atoms with Gasteiger partial charge in [-0.25, -0.2) is 0 Å². The molecule has 3 aliphatic rings. The van der Waals surface area contributed by atoms with E-state index in [4.69, 9.17) is 0 Å². The van der Waals surface area contributed by atoms with Gasteiger partial charge >= 0.3 is 0 Å². The zero-order valence-electron chi connectivity index (χ0n) is 13.0. The van der Waals surface area contributed by atoms with Gasteiger partial charge < -0.3 is 0 Å². The molecule has 5 rings (SSSR count). The molecule has 0 aliphatic heterocycles. The van der Waals surface area contributed by atoms with E-state index < -0.39 is 0 Å². The van der Waals surface area contributed by atoms with E-state index in [1.165, 1.54) is 41.3 Å². The molecule has 1 heteroatoms. The average molecular weight is 353 g/mol. The minimum Gasteiger partial charge on any atom is -0.0619 e. The van der Waals surface area contributed by atoms with Crippen LogP contribution in [0.2, 0.25) is 0 Å². The molecule has 0 N–H and O–H groups in total. The lowest BCUT2D eigenvalue weighted by molar-refractivity contribution is 0.236. The van der Waals surface area contributed by atoms with Crippen LogP contribution < -0.4 is 0 Å². The van der Waals surface area contributed by atoms with Gasteiger partial charge in [-0.2, -0.15) is 0 Å². The number of hydrogen-bond donors (Lipinski definition) is 0. The van der Waals surface area contributed by atoms with Gasteiger partial charge in [0.1, 0.15) is 0 Å². The Hall–Kier alpha value is -1.08. The molecule has 0 nitrogen and oxygen atoms in total. The monoisotopic (exact) mass is 352 g/mol. The van der Waals surface area contributed by atoms with Crippen LogP contribution in [0.3, 0.4) is 0 Å². The average Bonchev–Trinajstić information content (AvgIpc) is 3.22. The molecule has 0 spiro atoms. The van der Waals surface area contributed by atoms with Gasteiger partial charge in [-0.3, -0.25) is 0 Å². The summed E-state index contributed by atoms with van der Waals surface area (Å²) in [4.78, 5) is 0. The molecular weight excluding hydrogens is 332 g/mol. The highest BCUT2D eigenvalue weighted by atomic mass is 79.9. The summed E-state index contributed by atoms with van der Waals surface area (Å²) in [7, 11) is 0. The number of benzene rings is 2. The highest BCUT2D eigenvalue weighted by Gasteiger charge is 2.53. The minimum absolute atomic E-state index is 0.204. The van der Waals surface area contributed by atoms with Gasteiger partial charge in [0.05, 0.1) is 0 Å². The van der Waals surface area contributed by atoms with Crippen molar-refractivity contribution in [3.05, 3.63) is 58.1 Å². The van der Waals surface area contributed by atoms with Crippen LogP contribution in [-0.4, -0.2) is 0 Å². The molecule has 2 aromatic carbocycles. The zero-order valence-corrected chi connectivity index (χ0v) is 14.6. The summed E-state index contributed by atoms with van der Waals surface area (Å²) in [5.74, 6) is 2.76. The summed E-state index contributed by atoms with van der Waals surface area (Å²) in [5.41, 5.74) is 6.26. The van der Waals surface area contributed by atoms with Crippen LogP contribution in [0, 0.1) is 17.8 Å². The first kappa shape index (κ1) is 13.4. The molecule has 2 bridgehead atoms. The molecule has 2 fully saturated rings. The van der Waals surface area contributed by atoms with Crippen LogP contribution in [0.5, 0.6) is 0 Å². The Morgan fingerprint density at radius 1 is 0.955 bits per heavy atom. The van der Waals surface area contributed by atoms with Crippen molar-refractivity contribution in [1.29, 1.82) is 0 Å². The van der Waals surface area contributed by atoms with Crippen molar-refractivity contribution >= 4 is 15.9 Å². The molecule has 22 heavy (non-hydrogen) atoms. The third-order valence-corrected chi connectivity index (χ3v) is 7.29. The molecule has 0 heterocycles. The van der Waals surface area contributed by atoms with Crippen molar-refractivity contribution in [3.63, 3.8) is 0 Å². The quantitative estimate of drug-likeness (QED) is 0.575. The Labute approximate surface area is 141 Å². The summed E-state index contributed by atoms with van der Waals surface area (Å²) >= 11 is 3.71. The van der Waals surface area contributed by atoms with Crippen LogP contribution in [0.15, 0.2) is 46.9 Å². The molecule has 0 radical (unpaired) electrons. The van der Waals surface area contributed by atoms with Crippen LogP contribution in [0.4, 0.5) is 0 Å². The molecule has 0 saturated heterocycles. The number of hydrogen-bond acceptors (Lipinski definition) is 0. The molecular formula is C21H21Br. The first-order valence-corrected chi connectivity index (χ1v) is 9.37. The highest BCUT2D eigenvalue weighted by Crippen LogP contribution is 2.62. The van der Waals surface area contributed by atoms with E-state index in [0.29, 0.717) is 0 Å². The third-order valence-electron chi connectivity index (χ3n) is 6.80. The van der Waals surface area contributed by atoms with Crippen LogP contribution in [0.1, 0.15) is 43.7 Å². The van der Waals surface area contributed by atoms with E-state index in [1.54, 1.807) is 11.1 Å². The molecule has 2 unspecified atom stereocenters. The molecule has 4 atom stereocenters. The zero-order chi connectivity index (χ0) is 14.9. The van der Waals surface area contributed by atoms with E-state index in [1.807, 2.05) is 0 Å². The van der Waals surface area contributed by atoms with E-state index in [0.717, 1.165) is 17.8 Å². The van der Waals surface area contributed by atoms with Gasteiger partial charge in [-0.15, -0.1) is 0 Å². The summed E-state index contributed by atoms with van der Waals surface area (Å²) < 4.78 is 1.22. The normalized spacial score (nSPS) is 34.7. The summed E-state index contributed by atoms with van der Waals surface area (Å²) in [6.45, 7) is 2.52. The van der Waals surface area contributed by atoms with Crippen LogP contribution >= 0.6 is 15.9 Å². The van der Waals surface area contributed by atoms with Crippen molar-refractivity contribution < 1.29 is 0 Å². The number of halogens is 1. The maximum atomic E-state index is 3.71. The SMILES string of the molecule is CC1(C2C[C@H]3CC[C@@H]2C3)c2ccccc2-c2ccc(Br)cc21. The molecule has 2 aromatic rings. The molecule has 0 amide bonds. The van der Waals surface area contributed by atoms with Crippen molar-refractivity contribution in [3.8, 4) is 11.1 Å². The maximum absolute atomic E-state index is 3.71. The number of fused-ring (bicyclic) bond motifs is 5. The predicted octanol–water partition coefficient (Wildman–Crippen LogP) is 6.17. The largest absolute Gasteiger partial charge is 0.0619 e. The highest BCUT2D eigenvalue weighted by molar-refractivity contribution is 9.10. The topological polar surface area (TPSA) is 0 Å². The Kier molecular flexibility index (Phi) is 2.72. The van der Waals surface area contributed by atoms with Gasteiger partial charge in [-0.05, 0) is 71.4 Å². The fourth-order valence-corrected chi connectivity index (χ4v) is 6.21. The Morgan fingerprint density at radius 3 is 2.55 bits per heavy atom. The van der Waals surface area contributed by atoms with Crippen molar-refractivity contribution in [2.24, 2.45) is 17.8 Å². The number of rotatable bonds is 1. The summed E-state index contributed by atoms with van der Waals surface area (Å²) in [6, 6.07) is 16.0. The Balaban J connectivity index is 1.76. The van der Waals surface area contributed by atoms with Crippen LogP contribution in [0.25, 0.3) is 11.1 Å². The lowest BCUT2D eigenvalue weighted by atomic mass is 9.64. The van der Waals surface area contributed by atoms with Gasteiger partial charge in [0.2, 0.25) is 0 Å². The van der Waals surface area contributed by atoms with Gasteiger partial charge in [0.15, 0.2) is 0 Å². The van der Waals surface area contributed by atoms with Gasteiger partial charge in [0, 0.05) is 9.89 Å². The first-order chi connectivity index (χ1) is 10.7. The second kappa shape index (κ2) is 4.47. The lowest BCUT2D eigenvalue weighted by Gasteiger charge is -2.39. The van der Waals surface area contributed by atoms with Crippen molar-refractivity contribution in [1.82, 2.24) is 0 Å². The van der Waals surface area contributed by atoms with Gasteiger partial charge in [0.25, 0.3) is 0 Å². The lowest BCUT2D eigenvalue weighted by Crippen LogP contribution is -2.35. The molecule has 3 aliphatic carbocycles. The predicted molar refractivity (Wildman–Crippen MR) is 95.0 cm³/mol. The fourth-order valence-electron chi connectivity index (χ4n) is 5.85. The molecule has 0 aromatic heterocycles. The maximum Gasteiger partial charge on any atom is 0.0218 e. The van der Waals surface area contributed by atoms with Crippen molar-refractivity contribution in [2.45, 2.75) is 38.0 Å².